The maximum absolute atomic E-state index is 11.7. The minimum absolute atomic E-state index is 0.0903. The number of anilines is 1. The van der Waals surface area contributed by atoms with Crippen LogP contribution in [0, 0.1) is 6.92 Å². The quantitative estimate of drug-likeness (QED) is 0.840. The van der Waals surface area contributed by atoms with E-state index in [1.54, 1.807) is 6.07 Å². The highest BCUT2D eigenvalue weighted by Crippen LogP contribution is 2.12. The minimum Gasteiger partial charge on any atom is -0.484 e. The Morgan fingerprint density at radius 1 is 1.43 bits per heavy atom. The smallest absolute Gasteiger partial charge is 0.270 e. The second-order valence-corrected chi connectivity index (χ2v) is 4.72. The zero-order chi connectivity index (χ0) is 15.1. The number of nitrogens with one attached hydrogen (secondary N) is 1. The first-order valence-corrected chi connectivity index (χ1v) is 6.94. The fourth-order valence-corrected chi connectivity index (χ4v) is 1.70. The van der Waals surface area contributed by atoms with Crippen LogP contribution in [-0.2, 0) is 11.3 Å². The Labute approximate surface area is 123 Å². The first-order chi connectivity index (χ1) is 10.2. The summed E-state index contributed by atoms with van der Waals surface area (Å²) in [7, 11) is 0. The predicted molar refractivity (Wildman–Crippen MR) is 78.0 cm³/mol. The number of hydrogen-bond donors (Lipinski definition) is 1. The lowest BCUT2D eigenvalue weighted by atomic mass is 10.2. The summed E-state index contributed by atoms with van der Waals surface area (Å²) in [6.07, 6.45) is 2.02. The SMILES string of the molecule is CCCCn1nnc(NC(=O)COc2cccc(C)c2)n1. The fraction of sp³-hybridized carbons (Fsp3) is 0.429. The summed E-state index contributed by atoms with van der Waals surface area (Å²) in [5, 5.41) is 14.2. The zero-order valence-electron chi connectivity index (χ0n) is 12.2. The predicted octanol–water partition coefficient (Wildman–Crippen LogP) is 1.80. The average molecular weight is 289 g/mol. The number of amides is 1. The molecule has 0 saturated carbocycles. The van der Waals surface area contributed by atoms with E-state index in [0.29, 0.717) is 12.3 Å². The third kappa shape index (κ3) is 4.87. The van der Waals surface area contributed by atoms with Gasteiger partial charge in [0.25, 0.3) is 11.9 Å². The molecule has 7 heteroatoms. The molecule has 0 atom stereocenters. The molecule has 2 rings (SSSR count). The molecule has 0 aliphatic heterocycles. The van der Waals surface area contributed by atoms with Crippen molar-refractivity contribution in [3.8, 4) is 5.75 Å². The van der Waals surface area contributed by atoms with Gasteiger partial charge in [0.15, 0.2) is 6.61 Å². The van der Waals surface area contributed by atoms with Gasteiger partial charge >= 0.3 is 0 Å². The van der Waals surface area contributed by atoms with Crippen LogP contribution >= 0.6 is 0 Å². The van der Waals surface area contributed by atoms with Gasteiger partial charge in [-0.25, -0.2) is 0 Å². The molecule has 7 nitrogen and oxygen atoms in total. The number of carbonyl (C=O) groups excluding carboxylic acids is 1. The Balaban J connectivity index is 1.80. The molecule has 112 valence electrons. The van der Waals surface area contributed by atoms with Crippen molar-refractivity contribution < 1.29 is 9.53 Å². The molecule has 1 aromatic carbocycles. The molecule has 0 fully saturated rings. The third-order valence-electron chi connectivity index (χ3n) is 2.78. The van der Waals surface area contributed by atoms with E-state index in [1.807, 2.05) is 25.1 Å². The molecule has 0 aliphatic carbocycles. The number of nitrogens with zero attached hydrogens (tertiary/aromatic N) is 4. The van der Waals surface area contributed by atoms with Gasteiger partial charge in [-0.05, 0) is 36.3 Å². The normalized spacial score (nSPS) is 10.4. The zero-order valence-corrected chi connectivity index (χ0v) is 12.2. The number of carbonyl (C=O) groups is 1. The second-order valence-electron chi connectivity index (χ2n) is 4.72. The Bertz CT molecular complexity index is 597. The van der Waals surface area contributed by atoms with Crippen LogP contribution in [0.4, 0.5) is 5.95 Å². The lowest BCUT2D eigenvalue weighted by Gasteiger charge is -2.05. The summed E-state index contributed by atoms with van der Waals surface area (Å²) in [5.41, 5.74) is 1.08. The van der Waals surface area contributed by atoms with Crippen LogP contribution in [-0.4, -0.2) is 32.7 Å². The van der Waals surface area contributed by atoms with E-state index in [1.165, 1.54) is 4.80 Å². The number of rotatable bonds is 7. The summed E-state index contributed by atoms with van der Waals surface area (Å²) in [6.45, 7) is 4.65. The first kappa shape index (κ1) is 15.0. The molecule has 1 heterocycles. The van der Waals surface area contributed by atoms with Gasteiger partial charge in [0, 0.05) is 0 Å². The molecule has 2 aromatic rings. The molecule has 1 N–H and O–H groups in total. The van der Waals surface area contributed by atoms with Crippen LogP contribution in [0.3, 0.4) is 0 Å². The largest absolute Gasteiger partial charge is 0.484 e. The van der Waals surface area contributed by atoms with Crippen molar-refractivity contribution in [1.82, 2.24) is 20.2 Å². The van der Waals surface area contributed by atoms with E-state index in [9.17, 15) is 4.79 Å². The maximum Gasteiger partial charge on any atom is 0.270 e. The summed E-state index contributed by atoms with van der Waals surface area (Å²) in [5.74, 6) is 0.542. The standard InChI is InChI=1S/C14H19N5O2/c1-3-4-8-19-17-14(16-18-19)15-13(20)10-21-12-7-5-6-11(2)9-12/h5-7,9H,3-4,8,10H2,1-2H3,(H,15,17,20). The van der Waals surface area contributed by atoms with E-state index in [4.69, 9.17) is 4.74 Å². The highest BCUT2D eigenvalue weighted by atomic mass is 16.5. The number of ether oxygens (including phenoxy) is 1. The molecule has 0 saturated heterocycles. The molecule has 0 unspecified atom stereocenters. The molecule has 21 heavy (non-hydrogen) atoms. The van der Waals surface area contributed by atoms with Gasteiger partial charge in [-0.3, -0.25) is 10.1 Å². The Morgan fingerprint density at radius 3 is 3.05 bits per heavy atom. The third-order valence-corrected chi connectivity index (χ3v) is 2.78. The monoisotopic (exact) mass is 289 g/mol. The van der Waals surface area contributed by atoms with Crippen molar-refractivity contribution in [2.45, 2.75) is 33.2 Å². The van der Waals surface area contributed by atoms with Crippen molar-refractivity contribution in [3.63, 3.8) is 0 Å². The molecule has 0 aliphatic rings. The van der Waals surface area contributed by atoms with E-state index in [0.717, 1.165) is 18.4 Å². The molecule has 0 bridgehead atoms. The van der Waals surface area contributed by atoms with Gasteiger partial charge in [-0.15, -0.1) is 5.10 Å². The van der Waals surface area contributed by atoms with E-state index < -0.39 is 0 Å². The van der Waals surface area contributed by atoms with Crippen LogP contribution in [0.1, 0.15) is 25.3 Å². The van der Waals surface area contributed by atoms with Crippen molar-refractivity contribution in [2.75, 3.05) is 11.9 Å². The number of aryl methyl sites for hydroxylation is 2. The molecule has 1 aromatic heterocycles. The molecule has 1 amide bonds. The molecule has 0 radical (unpaired) electrons. The number of aromatic nitrogens is 4. The van der Waals surface area contributed by atoms with Crippen LogP contribution in [0.2, 0.25) is 0 Å². The van der Waals surface area contributed by atoms with Crippen molar-refractivity contribution in [2.24, 2.45) is 0 Å². The van der Waals surface area contributed by atoms with E-state index in [2.05, 4.69) is 27.7 Å². The second kappa shape index (κ2) is 7.37. The van der Waals surface area contributed by atoms with Gasteiger partial charge in [0.1, 0.15) is 5.75 Å². The summed E-state index contributed by atoms with van der Waals surface area (Å²) in [6, 6.07) is 7.51. The molecule has 0 spiro atoms. The molecular formula is C14H19N5O2. The molecular weight excluding hydrogens is 270 g/mol. The van der Waals surface area contributed by atoms with Crippen molar-refractivity contribution >= 4 is 11.9 Å². The number of hydrogen-bond acceptors (Lipinski definition) is 5. The highest BCUT2D eigenvalue weighted by molar-refractivity contribution is 5.90. The average Bonchev–Trinajstić information content (AvgIpc) is 2.90. The summed E-state index contributed by atoms with van der Waals surface area (Å²) < 4.78 is 5.40. The maximum atomic E-state index is 11.7. The van der Waals surface area contributed by atoms with E-state index in [-0.39, 0.29) is 18.5 Å². The van der Waals surface area contributed by atoms with Crippen LogP contribution in [0.15, 0.2) is 24.3 Å². The highest BCUT2D eigenvalue weighted by Gasteiger charge is 2.08. The first-order valence-electron chi connectivity index (χ1n) is 6.94. The summed E-state index contributed by atoms with van der Waals surface area (Å²) >= 11 is 0. The fourth-order valence-electron chi connectivity index (χ4n) is 1.70. The topological polar surface area (TPSA) is 81.9 Å². The lowest BCUT2D eigenvalue weighted by molar-refractivity contribution is -0.118. The van der Waals surface area contributed by atoms with Crippen molar-refractivity contribution in [1.29, 1.82) is 0 Å². The Kier molecular flexibility index (Phi) is 5.25. The van der Waals surface area contributed by atoms with E-state index >= 15 is 0 Å². The van der Waals surface area contributed by atoms with Crippen LogP contribution < -0.4 is 10.1 Å². The lowest BCUT2D eigenvalue weighted by Crippen LogP contribution is -2.21. The number of benzene rings is 1. The Morgan fingerprint density at radius 2 is 2.29 bits per heavy atom. The van der Waals surface area contributed by atoms with Gasteiger partial charge in [0.2, 0.25) is 0 Å². The van der Waals surface area contributed by atoms with Gasteiger partial charge < -0.3 is 4.74 Å². The van der Waals surface area contributed by atoms with Crippen LogP contribution in [0.25, 0.3) is 0 Å². The van der Waals surface area contributed by atoms with Crippen LogP contribution in [0.5, 0.6) is 5.75 Å². The summed E-state index contributed by atoms with van der Waals surface area (Å²) in [4.78, 5) is 13.2. The van der Waals surface area contributed by atoms with Crippen molar-refractivity contribution in [3.05, 3.63) is 29.8 Å². The van der Waals surface area contributed by atoms with Gasteiger partial charge in [-0.2, -0.15) is 4.80 Å². The van der Waals surface area contributed by atoms with Gasteiger partial charge in [0.05, 0.1) is 6.54 Å². The Hall–Kier alpha value is -2.44. The number of tetrazole rings is 1. The minimum atomic E-state index is -0.313. The number of unbranched alkanes of at least 4 members (excludes halogenated alkanes) is 1. The van der Waals surface area contributed by atoms with Gasteiger partial charge in [-0.1, -0.05) is 30.6 Å².